The first-order chi connectivity index (χ1) is 11.8. The van der Waals surface area contributed by atoms with Crippen LogP contribution < -0.4 is 5.32 Å². The summed E-state index contributed by atoms with van der Waals surface area (Å²) in [4.78, 5) is 27.8. The summed E-state index contributed by atoms with van der Waals surface area (Å²) < 4.78 is 4.87. The fourth-order valence-electron chi connectivity index (χ4n) is 3.21. The van der Waals surface area contributed by atoms with Gasteiger partial charge in [0, 0.05) is 45.2 Å². The Bertz CT molecular complexity index is 608. The van der Waals surface area contributed by atoms with Gasteiger partial charge in [-0.3, -0.25) is 4.79 Å². The maximum absolute atomic E-state index is 12.4. The molecular formula is C19H29N3O3. The van der Waals surface area contributed by atoms with Gasteiger partial charge in [0.25, 0.3) is 0 Å². The third kappa shape index (κ3) is 4.95. The lowest BCUT2D eigenvalue weighted by atomic mass is 9.82. The zero-order valence-electron chi connectivity index (χ0n) is 15.7. The zero-order chi connectivity index (χ0) is 18.4. The minimum Gasteiger partial charge on any atom is -0.375 e. The van der Waals surface area contributed by atoms with Gasteiger partial charge in [-0.15, -0.1) is 0 Å². The molecule has 1 aromatic rings. The van der Waals surface area contributed by atoms with Crippen molar-refractivity contribution in [3.8, 4) is 0 Å². The normalized spacial score (nSPS) is 15.2. The quantitative estimate of drug-likeness (QED) is 0.883. The molecule has 1 aliphatic heterocycles. The third-order valence-corrected chi connectivity index (χ3v) is 4.74. The van der Waals surface area contributed by atoms with Crippen LogP contribution >= 0.6 is 0 Å². The lowest BCUT2D eigenvalue weighted by Gasteiger charge is -2.35. The molecule has 1 aromatic carbocycles. The van der Waals surface area contributed by atoms with Crippen molar-refractivity contribution in [2.75, 3.05) is 46.4 Å². The molecule has 2 rings (SSSR count). The van der Waals surface area contributed by atoms with Crippen LogP contribution in [0.25, 0.3) is 0 Å². The summed E-state index contributed by atoms with van der Waals surface area (Å²) in [7, 11) is 1.51. The summed E-state index contributed by atoms with van der Waals surface area (Å²) in [5, 5.41) is 3.05. The zero-order valence-corrected chi connectivity index (χ0v) is 15.7. The minimum absolute atomic E-state index is 0.0248. The molecule has 0 saturated carbocycles. The van der Waals surface area contributed by atoms with Crippen LogP contribution in [0, 0.1) is 6.92 Å². The van der Waals surface area contributed by atoms with E-state index in [0.29, 0.717) is 32.7 Å². The fraction of sp³-hybridized carbons (Fsp3) is 0.579. The molecule has 1 N–H and O–H groups in total. The van der Waals surface area contributed by atoms with Gasteiger partial charge in [0.1, 0.15) is 6.61 Å². The van der Waals surface area contributed by atoms with E-state index in [1.165, 1.54) is 18.2 Å². The van der Waals surface area contributed by atoms with Crippen LogP contribution in [-0.4, -0.2) is 68.2 Å². The van der Waals surface area contributed by atoms with E-state index in [9.17, 15) is 9.59 Å². The molecule has 1 aliphatic rings. The standard InChI is InChI=1S/C19H29N3O3/c1-15-7-5-6-8-16(15)19(2,3)14-20-18(24)22-11-9-21(10-12-22)17(23)13-25-4/h5-8H,9-14H2,1-4H3,(H,20,24). The van der Waals surface area contributed by atoms with Gasteiger partial charge in [-0.2, -0.15) is 0 Å². The molecule has 138 valence electrons. The van der Waals surface area contributed by atoms with E-state index < -0.39 is 0 Å². The van der Waals surface area contributed by atoms with Crippen LogP contribution in [-0.2, 0) is 14.9 Å². The Hall–Kier alpha value is -2.08. The molecule has 0 unspecified atom stereocenters. The Kier molecular flexibility index (Phi) is 6.42. The number of piperazine rings is 1. The second kappa shape index (κ2) is 8.34. The van der Waals surface area contributed by atoms with Crippen LogP contribution in [0.4, 0.5) is 4.79 Å². The molecule has 0 spiro atoms. The molecule has 0 radical (unpaired) electrons. The summed E-state index contributed by atoms with van der Waals surface area (Å²) in [6, 6.07) is 8.19. The van der Waals surface area contributed by atoms with Gasteiger partial charge in [0.15, 0.2) is 0 Å². The highest BCUT2D eigenvalue weighted by Gasteiger charge is 2.27. The van der Waals surface area contributed by atoms with Crippen molar-refractivity contribution in [2.45, 2.75) is 26.2 Å². The summed E-state index contributed by atoms with van der Waals surface area (Å²) in [6.45, 7) is 9.23. The Morgan fingerprint density at radius 3 is 2.32 bits per heavy atom. The summed E-state index contributed by atoms with van der Waals surface area (Å²) in [5.41, 5.74) is 2.33. The number of carbonyl (C=O) groups is 2. The molecule has 0 aromatic heterocycles. The Labute approximate surface area is 150 Å². The number of rotatable bonds is 5. The highest BCUT2D eigenvalue weighted by atomic mass is 16.5. The van der Waals surface area contributed by atoms with E-state index in [1.54, 1.807) is 9.80 Å². The summed E-state index contributed by atoms with van der Waals surface area (Å²) >= 11 is 0. The minimum atomic E-state index is -0.142. The molecule has 1 heterocycles. The molecule has 6 heteroatoms. The monoisotopic (exact) mass is 347 g/mol. The lowest BCUT2D eigenvalue weighted by molar-refractivity contribution is -0.136. The van der Waals surface area contributed by atoms with Crippen LogP contribution in [0.2, 0.25) is 0 Å². The van der Waals surface area contributed by atoms with Gasteiger partial charge >= 0.3 is 6.03 Å². The Balaban J connectivity index is 1.85. The molecule has 0 bridgehead atoms. The van der Waals surface area contributed by atoms with Gasteiger partial charge in [-0.25, -0.2) is 4.79 Å². The van der Waals surface area contributed by atoms with Gasteiger partial charge in [-0.1, -0.05) is 38.1 Å². The van der Waals surface area contributed by atoms with E-state index in [-0.39, 0.29) is 24.0 Å². The van der Waals surface area contributed by atoms with Crippen LogP contribution in [0.5, 0.6) is 0 Å². The highest BCUT2D eigenvalue weighted by Crippen LogP contribution is 2.25. The number of nitrogens with zero attached hydrogens (tertiary/aromatic N) is 2. The smallest absolute Gasteiger partial charge is 0.317 e. The van der Waals surface area contributed by atoms with E-state index in [2.05, 4.69) is 38.2 Å². The molecule has 1 fully saturated rings. The SMILES string of the molecule is COCC(=O)N1CCN(C(=O)NCC(C)(C)c2ccccc2C)CC1. The first-order valence-electron chi connectivity index (χ1n) is 8.71. The number of benzene rings is 1. The largest absolute Gasteiger partial charge is 0.375 e. The molecule has 25 heavy (non-hydrogen) atoms. The van der Waals surface area contributed by atoms with Crippen molar-refractivity contribution in [1.82, 2.24) is 15.1 Å². The summed E-state index contributed by atoms with van der Waals surface area (Å²) in [6.07, 6.45) is 0. The maximum Gasteiger partial charge on any atom is 0.317 e. The van der Waals surface area contributed by atoms with Gasteiger partial charge in [0.05, 0.1) is 0 Å². The van der Waals surface area contributed by atoms with Crippen LogP contribution in [0.15, 0.2) is 24.3 Å². The fourth-order valence-corrected chi connectivity index (χ4v) is 3.21. The van der Waals surface area contributed by atoms with Crippen molar-refractivity contribution in [3.63, 3.8) is 0 Å². The van der Waals surface area contributed by atoms with Gasteiger partial charge < -0.3 is 19.9 Å². The maximum atomic E-state index is 12.4. The predicted octanol–water partition coefficient (Wildman–Crippen LogP) is 1.77. The van der Waals surface area contributed by atoms with E-state index in [1.807, 2.05) is 12.1 Å². The molecule has 0 aliphatic carbocycles. The molecule has 6 nitrogen and oxygen atoms in total. The average Bonchev–Trinajstić information content (AvgIpc) is 2.60. The van der Waals surface area contributed by atoms with E-state index in [4.69, 9.17) is 4.74 Å². The number of ether oxygens (including phenoxy) is 1. The van der Waals surface area contributed by atoms with Crippen LogP contribution in [0.3, 0.4) is 0 Å². The number of amides is 3. The average molecular weight is 347 g/mol. The summed E-state index contributed by atoms with van der Waals surface area (Å²) in [5.74, 6) is -0.0248. The number of urea groups is 1. The number of methoxy groups -OCH3 is 1. The first kappa shape index (κ1) is 19.2. The van der Waals surface area contributed by atoms with Crippen molar-refractivity contribution in [1.29, 1.82) is 0 Å². The second-order valence-electron chi connectivity index (χ2n) is 7.16. The first-order valence-corrected chi connectivity index (χ1v) is 8.71. The van der Waals surface area contributed by atoms with E-state index in [0.717, 1.165) is 0 Å². The molecule has 3 amide bonds. The number of aryl methyl sites for hydroxylation is 1. The number of hydrogen-bond donors (Lipinski definition) is 1. The second-order valence-corrected chi connectivity index (χ2v) is 7.16. The molecule has 0 atom stereocenters. The lowest BCUT2D eigenvalue weighted by Crippen LogP contribution is -2.54. The molecule has 1 saturated heterocycles. The topological polar surface area (TPSA) is 61.9 Å². The van der Waals surface area contributed by atoms with Crippen molar-refractivity contribution in [2.24, 2.45) is 0 Å². The van der Waals surface area contributed by atoms with Gasteiger partial charge in [-0.05, 0) is 18.1 Å². The number of hydrogen-bond acceptors (Lipinski definition) is 3. The van der Waals surface area contributed by atoms with Crippen LogP contribution in [0.1, 0.15) is 25.0 Å². The van der Waals surface area contributed by atoms with Gasteiger partial charge in [0.2, 0.25) is 5.91 Å². The van der Waals surface area contributed by atoms with Crippen molar-refractivity contribution in [3.05, 3.63) is 35.4 Å². The van der Waals surface area contributed by atoms with E-state index >= 15 is 0 Å². The molecular weight excluding hydrogens is 318 g/mol. The number of carbonyl (C=O) groups excluding carboxylic acids is 2. The Morgan fingerprint density at radius 2 is 1.72 bits per heavy atom. The Morgan fingerprint density at radius 1 is 1.12 bits per heavy atom. The number of nitrogens with one attached hydrogen (secondary N) is 1. The third-order valence-electron chi connectivity index (χ3n) is 4.74. The van der Waals surface area contributed by atoms with Crippen molar-refractivity contribution < 1.29 is 14.3 Å². The predicted molar refractivity (Wildman–Crippen MR) is 97.6 cm³/mol. The highest BCUT2D eigenvalue weighted by molar-refractivity contribution is 5.78. The van der Waals surface area contributed by atoms with Crippen molar-refractivity contribution >= 4 is 11.9 Å².